The molecule has 1 aromatic rings. The third-order valence-corrected chi connectivity index (χ3v) is 3.47. The molecule has 1 N–H and O–H groups in total. The second-order valence-corrected chi connectivity index (χ2v) is 5.69. The molecule has 1 unspecified atom stereocenters. The summed E-state index contributed by atoms with van der Waals surface area (Å²) >= 11 is 0. The monoisotopic (exact) mass is 241 g/mol. The van der Waals surface area contributed by atoms with Crippen molar-refractivity contribution >= 4 is 15.6 Å². The highest BCUT2D eigenvalue weighted by atomic mass is 32.2. The van der Waals surface area contributed by atoms with Crippen molar-refractivity contribution in [1.82, 2.24) is 5.32 Å². The van der Waals surface area contributed by atoms with Crippen molar-refractivity contribution < 1.29 is 13.2 Å². The Morgan fingerprint density at radius 3 is 2.06 bits per heavy atom. The van der Waals surface area contributed by atoms with E-state index in [9.17, 15) is 13.2 Å². The van der Waals surface area contributed by atoms with Gasteiger partial charge in [0, 0.05) is 6.26 Å². The Labute approximate surface area is 95.6 Å². The lowest BCUT2D eigenvalue weighted by Crippen LogP contribution is -2.23. The van der Waals surface area contributed by atoms with Crippen LogP contribution < -0.4 is 5.32 Å². The largest absolute Gasteiger partial charge is 0.307 e. The van der Waals surface area contributed by atoms with Crippen LogP contribution in [0.3, 0.4) is 0 Å². The Hall–Kier alpha value is -1.20. The number of hydrogen-bond donors (Lipinski definition) is 1. The number of nitrogens with one attached hydrogen (secondary N) is 1. The minimum Gasteiger partial charge on any atom is -0.307 e. The van der Waals surface area contributed by atoms with E-state index in [0.717, 1.165) is 11.8 Å². The Morgan fingerprint density at radius 1 is 1.25 bits per heavy atom. The van der Waals surface area contributed by atoms with E-state index in [1.165, 1.54) is 19.1 Å². The van der Waals surface area contributed by atoms with Crippen LogP contribution in [0.25, 0.3) is 0 Å². The van der Waals surface area contributed by atoms with Gasteiger partial charge in [0.2, 0.25) is 0 Å². The zero-order chi connectivity index (χ0) is 12.3. The lowest BCUT2D eigenvalue weighted by Gasteiger charge is -2.13. The van der Waals surface area contributed by atoms with Gasteiger partial charge in [-0.25, -0.2) is 8.42 Å². The molecule has 1 aromatic carbocycles. The fraction of sp³-hybridized carbons (Fsp3) is 0.364. The average Bonchev–Trinajstić information content (AvgIpc) is 2.17. The highest BCUT2D eigenvalue weighted by Crippen LogP contribution is 2.16. The van der Waals surface area contributed by atoms with E-state index in [2.05, 4.69) is 5.32 Å². The topological polar surface area (TPSA) is 63.2 Å². The molecule has 0 amide bonds. The molecule has 88 valence electrons. The van der Waals surface area contributed by atoms with Crippen molar-refractivity contribution in [3.05, 3.63) is 29.8 Å². The molecule has 0 radical (unpaired) electrons. The lowest BCUT2D eigenvalue weighted by atomic mass is 10.0. The molecule has 5 heteroatoms. The molecule has 0 saturated heterocycles. The van der Waals surface area contributed by atoms with Crippen molar-refractivity contribution in [2.45, 2.75) is 17.9 Å². The standard InChI is InChI=1S/C11H15NO3S/c1-8(13)11(12-2)9-4-6-10(7-5-9)16(3,14)15/h4-7,11-12H,1-3H3. The molecule has 4 nitrogen and oxygen atoms in total. The third-order valence-electron chi connectivity index (χ3n) is 2.34. The van der Waals surface area contributed by atoms with Crippen LogP contribution in [0.1, 0.15) is 18.5 Å². The van der Waals surface area contributed by atoms with Crippen LogP contribution in [-0.4, -0.2) is 27.5 Å². The minimum atomic E-state index is -3.18. The first kappa shape index (κ1) is 12.9. The van der Waals surface area contributed by atoms with E-state index in [0.29, 0.717) is 0 Å². The molecule has 0 aliphatic heterocycles. The summed E-state index contributed by atoms with van der Waals surface area (Å²) in [5.74, 6) is -0.00499. The first-order chi connectivity index (χ1) is 7.36. The molecular weight excluding hydrogens is 226 g/mol. The SMILES string of the molecule is CNC(C(C)=O)c1ccc(S(C)(=O)=O)cc1. The molecule has 1 atom stereocenters. The van der Waals surface area contributed by atoms with E-state index in [1.54, 1.807) is 19.2 Å². The zero-order valence-electron chi connectivity index (χ0n) is 9.52. The molecule has 16 heavy (non-hydrogen) atoms. The fourth-order valence-corrected chi connectivity index (χ4v) is 2.14. The number of rotatable bonds is 4. The summed E-state index contributed by atoms with van der Waals surface area (Å²) in [5.41, 5.74) is 0.766. The van der Waals surface area contributed by atoms with Crippen LogP contribution in [0.15, 0.2) is 29.2 Å². The minimum absolute atomic E-state index is 0.00499. The first-order valence-corrected chi connectivity index (χ1v) is 6.73. The lowest BCUT2D eigenvalue weighted by molar-refractivity contribution is -0.119. The molecule has 0 bridgehead atoms. The number of ketones is 1. The summed E-state index contributed by atoms with van der Waals surface area (Å²) in [7, 11) is -1.49. The first-order valence-electron chi connectivity index (χ1n) is 4.84. The van der Waals surface area contributed by atoms with Gasteiger partial charge in [-0.1, -0.05) is 12.1 Å². The van der Waals surface area contributed by atoms with Gasteiger partial charge in [-0.15, -0.1) is 0 Å². The Kier molecular flexibility index (Phi) is 3.83. The van der Waals surface area contributed by atoms with E-state index in [-0.39, 0.29) is 16.7 Å². The van der Waals surface area contributed by atoms with Crippen LogP contribution >= 0.6 is 0 Å². The summed E-state index contributed by atoms with van der Waals surface area (Å²) in [6.07, 6.45) is 1.16. The number of Topliss-reactive ketones (excluding diaryl/α,β-unsaturated/α-hetero) is 1. The number of benzene rings is 1. The van der Waals surface area contributed by atoms with Crippen LogP contribution in [-0.2, 0) is 14.6 Å². The van der Waals surface area contributed by atoms with Gasteiger partial charge >= 0.3 is 0 Å². The molecule has 1 rings (SSSR count). The maximum atomic E-state index is 11.3. The van der Waals surface area contributed by atoms with E-state index >= 15 is 0 Å². The second kappa shape index (κ2) is 4.76. The van der Waals surface area contributed by atoms with Crippen molar-refractivity contribution in [3.63, 3.8) is 0 Å². The van der Waals surface area contributed by atoms with Gasteiger partial charge in [0.15, 0.2) is 15.6 Å². The van der Waals surface area contributed by atoms with Crippen molar-refractivity contribution in [2.75, 3.05) is 13.3 Å². The Balaban J connectivity index is 3.08. The number of hydrogen-bond acceptors (Lipinski definition) is 4. The fourth-order valence-electron chi connectivity index (χ4n) is 1.51. The molecule has 0 fully saturated rings. The summed E-state index contributed by atoms with van der Waals surface area (Å²) in [6.45, 7) is 1.49. The van der Waals surface area contributed by atoms with Crippen LogP contribution in [0.4, 0.5) is 0 Å². The maximum Gasteiger partial charge on any atom is 0.175 e. The zero-order valence-corrected chi connectivity index (χ0v) is 10.3. The summed E-state index contributed by atoms with van der Waals surface area (Å²) < 4.78 is 22.5. The van der Waals surface area contributed by atoms with Gasteiger partial charge in [-0.2, -0.15) is 0 Å². The van der Waals surface area contributed by atoms with Crippen LogP contribution in [0.2, 0.25) is 0 Å². The Bertz CT molecular complexity index is 476. The van der Waals surface area contributed by atoms with Gasteiger partial charge in [-0.3, -0.25) is 4.79 Å². The molecule has 0 saturated carbocycles. The van der Waals surface area contributed by atoms with Gasteiger partial charge in [-0.05, 0) is 31.7 Å². The predicted octanol–water partition coefficient (Wildman–Crippen LogP) is 0.940. The van der Waals surface area contributed by atoms with E-state index < -0.39 is 9.84 Å². The van der Waals surface area contributed by atoms with Crippen LogP contribution in [0.5, 0.6) is 0 Å². The Morgan fingerprint density at radius 2 is 1.75 bits per heavy atom. The average molecular weight is 241 g/mol. The molecule has 0 aromatic heterocycles. The molecule has 0 spiro atoms. The van der Waals surface area contributed by atoms with Gasteiger partial charge in [0.1, 0.15) is 0 Å². The highest BCUT2D eigenvalue weighted by Gasteiger charge is 2.15. The molecule has 0 heterocycles. The van der Waals surface area contributed by atoms with Gasteiger partial charge in [0.25, 0.3) is 0 Å². The van der Waals surface area contributed by atoms with Crippen molar-refractivity contribution in [2.24, 2.45) is 0 Å². The number of carbonyl (C=O) groups is 1. The van der Waals surface area contributed by atoms with Crippen molar-refractivity contribution in [1.29, 1.82) is 0 Å². The number of carbonyl (C=O) groups excluding carboxylic acids is 1. The summed E-state index contributed by atoms with van der Waals surface area (Å²) in [4.78, 5) is 11.5. The van der Waals surface area contributed by atoms with Gasteiger partial charge < -0.3 is 5.32 Å². The number of likely N-dealkylation sites (N-methyl/N-ethyl adjacent to an activating group) is 1. The third kappa shape index (κ3) is 2.90. The van der Waals surface area contributed by atoms with Crippen molar-refractivity contribution in [3.8, 4) is 0 Å². The molecular formula is C11H15NO3S. The quantitative estimate of drug-likeness (QED) is 0.852. The molecule has 0 aliphatic rings. The molecule has 0 aliphatic carbocycles. The second-order valence-electron chi connectivity index (χ2n) is 3.67. The normalized spacial score (nSPS) is 13.4. The smallest absolute Gasteiger partial charge is 0.175 e. The summed E-state index contributed by atoms with van der Waals surface area (Å²) in [6, 6.07) is 5.95. The highest BCUT2D eigenvalue weighted by molar-refractivity contribution is 7.90. The summed E-state index contributed by atoms with van der Waals surface area (Å²) in [5, 5.41) is 2.88. The predicted molar refractivity (Wildman–Crippen MR) is 62.0 cm³/mol. The van der Waals surface area contributed by atoms with E-state index in [1.807, 2.05) is 0 Å². The van der Waals surface area contributed by atoms with E-state index in [4.69, 9.17) is 0 Å². The number of sulfone groups is 1. The van der Waals surface area contributed by atoms with Crippen LogP contribution in [0, 0.1) is 0 Å². The maximum absolute atomic E-state index is 11.3. The van der Waals surface area contributed by atoms with Gasteiger partial charge in [0.05, 0.1) is 10.9 Å².